The molecule has 9 heteroatoms. The zero-order valence-corrected chi connectivity index (χ0v) is 16.3. The standard InChI is InChI=1S/C19H19NO7S/c1-11-4-6-14(28(3,23)24)9-15(11)19(22)27-12(2)18(21)20-13-5-7-16-17(8-13)26-10-25-16/h4-9,12H,10H2,1-3H3,(H,20,21). The smallest absolute Gasteiger partial charge is 0.339 e. The third kappa shape index (κ3) is 4.25. The van der Waals surface area contributed by atoms with Crippen molar-refractivity contribution in [3.05, 3.63) is 47.5 Å². The Hall–Kier alpha value is -3.07. The summed E-state index contributed by atoms with van der Waals surface area (Å²) in [6, 6.07) is 9.08. The summed E-state index contributed by atoms with van der Waals surface area (Å²) in [5.41, 5.74) is 1.10. The summed E-state index contributed by atoms with van der Waals surface area (Å²) in [5.74, 6) is -0.227. The lowest BCUT2D eigenvalue weighted by atomic mass is 10.1. The van der Waals surface area contributed by atoms with Crippen LogP contribution in [0.1, 0.15) is 22.8 Å². The van der Waals surface area contributed by atoms with Crippen LogP contribution in [-0.4, -0.2) is 39.4 Å². The number of esters is 1. The highest BCUT2D eigenvalue weighted by molar-refractivity contribution is 7.90. The van der Waals surface area contributed by atoms with Gasteiger partial charge in [0.05, 0.1) is 10.5 Å². The molecule has 0 spiro atoms. The highest BCUT2D eigenvalue weighted by atomic mass is 32.2. The molecule has 3 rings (SSSR count). The van der Waals surface area contributed by atoms with Gasteiger partial charge in [0.15, 0.2) is 27.4 Å². The van der Waals surface area contributed by atoms with Crippen molar-refractivity contribution in [2.24, 2.45) is 0 Å². The zero-order valence-electron chi connectivity index (χ0n) is 15.5. The molecule has 0 bridgehead atoms. The predicted octanol–water partition coefficient (Wildman–Crippen LogP) is 2.31. The number of fused-ring (bicyclic) bond motifs is 1. The van der Waals surface area contributed by atoms with E-state index in [2.05, 4.69) is 5.32 Å². The van der Waals surface area contributed by atoms with E-state index < -0.39 is 27.8 Å². The fourth-order valence-corrected chi connectivity index (χ4v) is 3.19. The second-order valence-electron chi connectivity index (χ2n) is 6.35. The molecule has 8 nitrogen and oxygen atoms in total. The van der Waals surface area contributed by atoms with E-state index in [1.807, 2.05) is 0 Å². The maximum atomic E-state index is 12.4. The SMILES string of the molecule is Cc1ccc(S(C)(=O)=O)cc1C(=O)OC(C)C(=O)Nc1ccc2c(c1)OCO2. The monoisotopic (exact) mass is 405 g/mol. The van der Waals surface area contributed by atoms with Gasteiger partial charge in [0.25, 0.3) is 5.91 Å². The Labute approximate surface area is 162 Å². The molecule has 0 aliphatic carbocycles. The van der Waals surface area contributed by atoms with Crippen molar-refractivity contribution in [2.75, 3.05) is 18.4 Å². The Balaban J connectivity index is 1.69. The molecule has 1 aliphatic rings. The minimum atomic E-state index is -3.48. The summed E-state index contributed by atoms with van der Waals surface area (Å²) in [6.45, 7) is 3.20. The third-order valence-corrected chi connectivity index (χ3v) is 5.26. The molecule has 0 radical (unpaired) electrons. The van der Waals surface area contributed by atoms with E-state index in [9.17, 15) is 18.0 Å². The first-order valence-corrected chi connectivity index (χ1v) is 10.3. The van der Waals surface area contributed by atoms with Crippen molar-refractivity contribution in [2.45, 2.75) is 24.8 Å². The molecule has 0 saturated heterocycles. The van der Waals surface area contributed by atoms with Gasteiger partial charge in [-0.2, -0.15) is 0 Å². The van der Waals surface area contributed by atoms with Crippen LogP contribution in [0.4, 0.5) is 5.69 Å². The van der Waals surface area contributed by atoms with Gasteiger partial charge in [-0.25, -0.2) is 13.2 Å². The quantitative estimate of drug-likeness (QED) is 0.761. The normalized spacial score (nSPS) is 13.7. The summed E-state index contributed by atoms with van der Waals surface area (Å²) in [5, 5.41) is 2.63. The average Bonchev–Trinajstić information content (AvgIpc) is 3.08. The number of amides is 1. The molecule has 0 saturated carbocycles. The summed E-state index contributed by atoms with van der Waals surface area (Å²) >= 11 is 0. The Bertz CT molecular complexity index is 1050. The van der Waals surface area contributed by atoms with Crippen molar-refractivity contribution >= 4 is 27.4 Å². The van der Waals surface area contributed by atoms with Crippen LogP contribution >= 0.6 is 0 Å². The van der Waals surface area contributed by atoms with Gasteiger partial charge in [-0.15, -0.1) is 0 Å². The van der Waals surface area contributed by atoms with Gasteiger partial charge in [0.2, 0.25) is 6.79 Å². The molecule has 1 aliphatic heterocycles. The van der Waals surface area contributed by atoms with E-state index >= 15 is 0 Å². The van der Waals surface area contributed by atoms with E-state index in [1.54, 1.807) is 25.1 Å². The molecule has 2 aromatic rings. The third-order valence-electron chi connectivity index (χ3n) is 4.15. The summed E-state index contributed by atoms with van der Waals surface area (Å²) in [6.07, 6.45) is -0.0481. The van der Waals surface area contributed by atoms with E-state index in [0.717, 1.165) is 6.26 Å². The molecular weight excluding hydrogens is 386 g/mol. The predicted molar refractivity (Wildman–Crippen MR) is 100 cm³/mol. The van der Waals surface area contributed by atoms with Crippen molar-refractivity contribution in [3.8, 4) is 11.5 Å². The van der Waals surface area contributed by atoms with Crippen molar-refractivity contribution in [1.29, 1.82) is 0 Å². The molecule has 148 valence electrons. The maximum Gasteiger partial charge on any atom is 0.339 e. The first-order chi connectivity index (χ1) is 13.1. The Morgan fingerprint density at radius 2 is 1.82 bits per heavy atom. The Morgan fingerprint density at radius 3 is 2.54 bits per heavy atom. The van der Waals surface area contributed by atoms with Crippen LogP contribution in [0.25, 0.3) is 0 Å². The second kappa shape index (κ2) is 7.51. The molecular formula is C19H19NO7S. The average molecular weight is 405 g/mol. The molecule has 28 heavy (non-hydrogen) atoms. The molecule has 1 amide bonds. The minimum absolute atomic E-state index is 0.00233. The number of ether oxygens (including phenoxy) is 3. The van der Waals surface area contributed by atoms with Crippen molar-refractivity contribution in [3.63, 3.8) is 0 Å². The van der Waals surface area contributed by atoms with Gasteiger partial charge in [0.1, 0.15) is 0 Å². The van der Waals surface area contributed by atoms with Gasteiger partial charge < -0.3 is 19.5 Å². The van der Waals surface area contributed by atoms with Gasteiger partial charge in [0, 0.05) is 18.0 Å². The number of rotatable bonds is 5. The fourth-order valence-electron chi connectivity index (χ4n) is 2.55. The molecule has 1 unspecified atom stereocenters. The van der Waals surface area contributed by atoms with Crippen LogP contribution in [0.15, 0.2) is 41.3 Å². The second-order valence-corrected chi connectivity index (χ2v) is 8.37. The van der Waals surface area contributed by atoms with Crippen LogP contribution in [0.2, 0.25) is 0 Å². The van der Waals surface area contributed by atoms with Crippen LogP contribution in [0.5, 0.6) is 11.5 Å². The van der Waals surface area contributed by atoms with Crippen LogP contribution in [-0.2, 0) is 19.4 Å². The fraction of sp³-hybridized carbons (Fsp3) is 0.263. The molecule has 0 aromatic heterocycles. The largest absolute Gasteiger partial charge is 0.454 e. The molecule has 2 aromatic carbocycles. The van der Waals surface area contributed by atoms with E-state index in [0.29, 0.717) is 22.7 Å². The lowest BCUT2D eigenvalue weighted by Crippen LogP contribution is -2.30. The summed E-state index contributed by atoms with van der Waals surface area (Å²) in [7, 11) is -3.48. The van der Waals surface area contributed by atoms with E-state index in [4.69, 9.17) is 14.2 Å². The maximum absolute atomic E-state index is 12.4. The van der Waals surface area contributed by atoms with E-state index in [1.165, 1.54) is 25.1 Å². The number of hydrogen-bond acceptors (Lipinski definition) is 7. The van der Waals surface area contributed by atoms with Gasteiger partial charge in [-0.05, 0) is 43.7 Å². The Kier molecular flexibility index (Phi) is 5.28. The topological polar surface area (TPSA) is 108 Å². The number of nitrogens with one attached hydrogen (secondary N) is 1. The molecule has 1 atom stereocenters. The van der Waals surface area contributed by atoms with Gasteiger partial charge in [-0.3, -0.25) is 4.79 Å². The zero-order chi connectivity index (χ0) is 20.5. The van der Waals surface area contributed by atoms with Crippen molar-refractivity contribution < 1.29 is 32.2 Å². The number of hydrogen-bond donors (Lipinski definition) is 1. The number of carbonyl (C=O) groups excluding carboxylic acids is 2. The summed E-state index contributed by atoms with van der Waals surface area (Å²) in [4.78, 5) is 24.8. The van der Waals surface area contributed by atoms with Gasteiger partial charge >= 0.3 is 5.97 Å². The number of aryl methyl sites for hydroxylation is 1. The van der Waals surface area contributed by atoms with Gasteiger partial charge in [-0.1, -0.05) is 6.07 Å². The van der Waals surface area contributed by atoms with Crippen LogP contribution < -0.4 is 14.8 Å². The summed E-state index contributed by atoms with van der Waals surface area (Å²) < 4.78 is 39.1. The minimum Gasteiger partial charge on any atom is -0.454 e. The molecule has 0 fully saturated rings. The van der Waals surface area contributed by atoms with Crippen molar-refractivity contribution in [1.82, 2.24) is 0 Å². The number of benzene rings is 2. The highest BCUT2D eigenvalue weighted by Crippen LogP contribution is 2.34. The number of carbonyl (C=O) groups is 2. The highest BCUT2D eigenvalue weighted by Gasteiger charge is 2.22. The van der Waals surface area contributed by atoms with E-state index in [-0.39, 0.29) is 17.3 Å². The van der Waals surface area contributed by atoms with Crippen LogP contribution in [0.3, 0.4) is 0 Å². The Morgan fingerprint density at radius 1 is 1.11 bits per heavy atom. The molecule has 1 N–H and O–H groups in total. The number of anilines is 1. The first kappa shape index (κ1) is 19.7. The lowest BCUT2D eigenvalue weighted by molar-refractivity contribution is -0.123. The first-order valence-electron chi connectivity index (χ1n) is 8.37. The number of sulfone groups is 1. The van der Waals surface area contributed by atoms with Crippen LogP contribution in [0, 0.1) is 6.92 Å². The lowest BCUT2D eigenvalue weighted by Gasteiger charge is -2.15. The molecule has 1 heterocycles.